The summed E-state index contributed by atoms with van der Waals surface area (Å²) in [6.07, 6.45) is 1.27. The van der Waals surface area contributed by atoms with Crippen LogP contribution in [-0.4, -0.2) is 35.2 Å². The Kier molecular flexibility index (Phi) is 4.48. The molecule has 0 fully saturated rings. The first-order valence-electron chi connectivity index (χ1n) is 7.21. The molecule has 24 heavy (non-hydrogen) atoms. The highest BCUT2D eigenvalue weighted by Crippen LogP contribution is 2.20. The molecule has 0 N–H and O–H groups in total. The Bertz CT molecular complexity index is 855. The lowest BCUT2D eigenvalue weighted by Crippen LogP contribution is -2.08. The van der Waals surface area contributed by atoms with Gasteiger partial charge in [-0.25, -0.2) is 0 Å². The fourth-order valence-corrected chi connectivity index (χ4v) is 2.20. The zero-order valence-electron chi connectivity index (χ0n) is 13.2. The average molecular weight is 343 g/mol. The van der Waals surface area contributed by atoms with Crippen molar-refractivity contribution in [2.45, 2.75) is 0 Å². The van der Waals surface area contributed by atoms with Crippen LogP contribution < -0.4 is 4.90 Å². The van der Waals surface area contributed by atoms with Gasteiger partial charge in [-0.05, 0) is 36.4 Å². The van der Waals surface area contributed by atoms with Crippen molar-refractivity contribution in [1.29, 1.82) is 0 Å². The third-order valence-corrected chi connectivity index (χ3v) is 3.64. The lowest BCUT2D eigenvalue weighted by atomic mass is 10.2. The number of hydrogen-bond acceptors (Lipinski definition) is 5. The molecular formula is C17H15ClN4O2. The topological polar surface area (TPSA) is 68.2 Å². The molecule has 0 spiro atoms. The molecule has 6 nitrogen and oxygen atoms in total. The van der Waals surface area contributed by atoms with Crippen LogP contribution >= 0.6 is 11.6 Å². The maximum atomic E-state index is 12.2. The highest BCUT2D eigenvalue weighted by Gasteiger charge is 2.11. The normalized spacial score (nSPS) is 11.5. The van der Waals surface area contributed by atoms with E-state index in [0.29, 0.717) is 21.3 Å². The van der Waals surface area contributed by atoms with Crippen LogP contribution in [-0.2, 0) is 0 Å². The Morgan fingerprint density at radius 3 is 2.38 bits per heavy atom. The zero-order valence-corrected chi connectivity index (χ0v) is 13.9. The van der Waals surface area contributed by atoms with Crippen molar-refractivity contribution in [3.63, 3.8) is 0 Å². The van der Waals surface area contributed by atoms with Gasteiger partial charge in [0.15, 0.2) is 0 Å². The minimum Gasteiger partial charge on any atom is -0.618 e. The number of rotatable bonds is 4. The molecule has 3 aromatic rings. The monoisotopic (exact) mass is 342 g/mol. The van der Waals surface area contributed by atoms with E-state index >= 15 is 0 Å². The predicted molar refractivity (Wildman–Crippen MR) is 94.0 cm³/mol. The van der Waals surface area contributed by atoms with Gasteiger partial charge in [0.2, 0.25) is 11.9 Å². The van der Waals surface area contributed by atoms with Crippen LogP contribution in [0.5, 0.6) is 0 Å². The summed E-state index contributed by atoms with van der Waals surface area (Å²) in [6.45, 7) is 0. The average Bonchev–Trinajstić information content (AvgIpc) is 3.04. The molecule has 0 aliphatic carbocycles. The van der Waals surface area contributed by atoms with Gasteiger partial charge in [0.05, 0.1) is 0 Å². The fraction of sp³-hybridized carbons (Fsp3) is 0.118. The summed E-state index contributed by atoms with van der Waals surface area (Å²) in [4.78, 5) is 6.15. The molecule has 0 amide bonds. The molecule has 0 atom stereocenters. The van der Waals surface area contributed by atoms with E-state index < -0.39 is 0 Å². The summed E-state index contributed by atoms with van der Waals surface area (Å²) in [5.74, 6) is 0.529. The van der Waals surface area contributed by atoms with Crippen LogP contribution in [0.1, 0.15) is 5.82 Å². The zero-order chi connectivity index (χ0) is 17.1. The van der Waals surface area contributed by atoms with Gasteiger partial charge in [-0.3, -0.25) is 0 Å². The van der Waals surface area contributed by atoms with Gasteiger partial charge >= 0.3 is 0 Å². The van der Waals surface area contributed by atoms with Gasteiger partial charge in [0.1, 0.15) is 0 Å². The van der Waals surface area contributed by atoms with E-state index in [0.717, 1.165) is 11.3 Å². The smallest absolute Gasteiger partial charge is 0.261 e. The Hall–Kier alpha value is -2.86. The first kappa shape index (κ1) is 16.0. The Morgan fingerprint density at radius 2 is 1.75 bits per heavy atom. The molecule has 0 saturated heterocycles. The van der Waals surface area contributed by atoms with E-state index in [9.17, 15) is 5.21 Å². The summed E-state index contributed by atoms with van der Waals surface area (Å²) in [5.41, 5.74) is 2.23. The van der Waals surface area contributed by atoms with Crippen LogP contribution in [0.25, 0.3) is 11.5 Å². The van der Waals surface area contributed by atoms with Gasteiger partial charge in [0, 0.05) is 42.5 Å². The van der Waals surface area contributed by atoms with Crippen molar-refractivity contribution < 1.29 is 9.26 Å². The SMILES string of the molecule is CN(C)c1ccc(/[N+]([O-])=C/c2noc(-c3ccc(Cl)cc3)n2)cc1. The predicted octanol–water partition coefficient (Wildman–Crippen LogP) is 3.72. The van der Waals surface area contributed by atoms with Gasteiger partial charge in [0.25, 0.3) is 11.7 Å². The molecule has 3 rings (SSSR count). The van der Waals surface area contributed by atoms with E-state index in [-0.39, 0.29) is 5.82 Å². The first-order chi connectivity index (χ1) is 11.5. The molecule has 0 unspecified atom stereocenters. The van der Waals surface area contributed by atoms with E-state index in [4.69, 9.17) is 16.1 Å². The highest BCUT2D eigenvalue weighted by atomic mass is 35.5. The molecule has 2 aromatic carbocycles. The van der Waals surface area contributed by atoms with Crippen molar-refractivity contribution in [1.82, 2.24) is 10.1 Å². The molecule has 1 aromatic heterocycles. The largest absolute Gasteiger partial charge is 0.618 e. The summed E-state index contributed by atoms with van der Waals surface area (Å²) in [6, 6.07) is 14.2. The Balaban J connectivity index is 1.82. The van der Waals surface area contributed by atoms with Crippen LogP contribution in [0.15, 0.2) is 53.1 Å². The number of benzene rings is 2. The van der Waals surface area contributed by atoms with Crippen LogP contribution in [0, 0.1) is 5.21 Å². The molecule has 1 heterocycles. The van der Waals surface area contributed by atoms with E-state index in [2.05, 4.69) is 10.1 Å². The molecule has 7 heteroatoms. The fourth-order valence-electron chi connectivity index (χ4n) is 2.07. The molecule has 122 valence electrons. The maximum absolute atomic E-state index is 12.2. The van der Waals surface area contributed by atoms with Gasteiger partial charge in [-0.15, -0.1) is 0 Å². The summed E-state index contributed by atoms with van der Waals surface area (Å²) < 4.78 is 5.87. The maximum Gasteiger partial charge on any atom is 0.261 e. The number of aromatic nitrogens is 2. The minimum atomic E-state index is 0.201. The summed E-state index contributed by atoms with van der Waals surface area (Å²) in [7, 11) is 3.88. The Labute approximate surface area is 144 Å². The number of nitrogens with zero attached hydrogens (tertiary/aromatic N) is 4. The summed E-state index contributed by atoms with van der Waals surface area (Å²) in [5, 5.41) is 16.6. The Morgan fingerprint density at radius 1 is 1.08 bits per heavy atom. The summed E-state index contributed by atoms with van der Waals surface area (Å²) >= 11 is 5.85. The molecular weight excluding hydrogens is 328 g/mol. The van der Waals surface area contributed by atoms with Gasteiger partial charge in [-0.1, -0.05) is 16.8 Å². The second-order valence-corrected chi connectivity index (χ2v) is 5.77. The third kappa shape index (κ3) is 3.55. The van der Waals surface area contributed by atoms with Gasteiger partial charge in [-0.2, -0.15) is 9.72 Å². The molecule has 0 bridgehead atoms. The number of anilines is 1. The van der Waals surface area contributed by atoms with Crippen LogP contribution in [0.3, 0.4) is 0 Å². The molecule has 0 radical (unpaired) electrons. The van der Waals surface area contributed by atoms with Crippen molar-refractivity contribution in [3.05, 3.63) is 64.6 Å². The van der Waals surface area contributed by atoms with E-state index in [1.807, 2.05) is 31.1 Å². The number of hydrogen-bond donors (Lipinski definition) is 0. The highest BCUT2D eigenvalue weighted by molar-refractivity contribution is 6.30. The van der Waals surface area contributed by atoms with Crippen LogP contribution in [0.2, 0.25) is 5.02 Å². The molecule has 0 aliphatic rings. The number of halogens is 1. The second-order valence-electron chi connectivity index (χ2n) is 5.33. The third-order valence-electron chi connectivity index (χ3n) is 3.39. The van der Waals surface area contributed by atoms with Crippen molar-refractivity contribution >= 4 is 29.2 Å². The van der Waals surface area contributed by atoms with Crippen LogP contribution in [0.4, 0.5) is 11.4 Å². The standard InChI is InChI=1S/C17H15ClN4O2/c1-21(2)14-7-9-15(10-8-14)22(23)11-16-19-17(24-20-16)12-3-5-13(18)6-4-12/h3-11H,1-2H3/b22-11-. The van der Waals surface area contributed by atoms with E-state index in [1.165, 1.54) is 6.21 Å². The van der Waals surface area contributed by atoms with Crippen molar-refractivity contribution in [2.75, 3.05) is 19.0 Å². The lowest BCUT2D eigenvalue weighted by Gasteiger charge is -2.11. The molecule has 0 saturated carbocycles. The second kappa shape index (κ2) is 6.72. The van der Waals surface area contributed by atoms with Gasteiger partial charge < -0.3 is 14.6 Å². The first-order valence-corrected chi connectivity index (χ1v) is 7.59. The quantitative estimate of drug-likeness (QED) is 0.313. The molecule has 0 aliphatic heterocycles. The van der Waals surface area contributed by atoms with E-state index in [1.54, 1.807) is 36.4 Å². The van der Waals surface area contributed by atoms with Crippen molar-refractivity contribution in [3.8, 4) is 11.5 Å². The minimum absolute atomic E-state index is 0.201. The lowest BCUT2D eigenvalue weighted by molar-refractivity contribution is -0.354. The van der Waals surface area contributed by atoms with Crippen molar-refractivity contribution in [2.24, 2.45) is 0 Å².